The van der Waals surface area contributed by atoms with Crippen molar-refractivity contribution in [3.8, 4) is 0 Å². The molecule has 1 heterocycles. The SMILES string of the molecule is Cc1c(NC(=O)OCc2ccccc2)cccc1C(C[N+](=O)[O-])c1c[nH]c2cc(Br)ccc12. The predicted octanol–water partition coefficient (Wildman–Crippen LogP) is 6.40. The Labute approximate surface area is 199 Å². The second-order valence-corrected chi connectivity index (χ2v) is 8.62. The average Bonchev–Trinajstić information content (AvgIpc) is 3.21. The number of hydrogen-bond donors (Lipinski definition) is 2. The second-order valence-electron chi connectivity index (χ2n) is 7.71. The summed E-state index contributed by atoms with van der Waals surface area (Å²) in [7, 11) is 0. The molecule has 0 radical (unpaired) electrons. The Morgan fingerprint density at radius 3 is 2.67 bits per heavy atom. The van der Waals surface area contributed by atoms with Gasteiger partial charge in [-0.05, 0) is 47.4 Å². The van der Waals surface area contributed by atoms with Crippen molar-refractivity contribution in [3.05, 3.63) is 110 Å². The van der Waals surface area contributed by atoms with Crippen LogP contribution in [0.4, 0.5) is 10.5 Å². The zero-order chi connectivity index (χ0) is 23.4. The lowest BCUT2D eigenvalue weighted by molar-refractivity contribution is -0.481. The summed E-state index contributed by atoms with van der Waals surface area (Å²) in [6.45, 7) is 1.73. The summed E-state index contributed by atoms with van der Waals surface area (Å²) in [5, 5.41) is 15.3. The first-order valence-corrected chi connectivity index (χ1v) is 11.2. The summed E-state index contributed by atoms with van der Waals surface area (Å²) in [5.74, 6) is -0.489. The molecule has 4 aromatic rings. The van der Waals surface area contributed by atoms with Gasteiger partial charge in [0.15, 0.2) is 0 Å². The zero-order valence-electron chi connectivity index (χ0n) is 17.9. The van der Waals surface area contributed by atoms with Gasteiger partial charge in [-0.1, -0.05) is 64.5 Å². The minimum atomic E-state index is -0.582. The molecule has 1 atom stereocenters. The highest BCUT2D eigenvalue weighted by molar-refractivity contribution is 9.10. The van der Waals surface area contributed by atoms with Gasteiger partial charge in [-0.3, -0.25) is 15.4 Å². The van der Waals surface area contributed by atoms with Crippen molar-refractivity contribution >= 4 is 38.6 Å². The first-order chi connectivity index (χ1) is 15.9. The van der Waals surface area contributed by atoms with Gasteiger partial charge in [0.1, 0.15) is 6.61 Å². The van der Waals surface area contributed by atoms with Crippen LogP contribution < -0.4 is 5.32 Å². The van der Waals surface area contributed by atoms with E-state index in [1.807, 2.05) is 67.7 Å². The number of amides is 1. The third kappa shape index (κ3) is 5.23. The van der Waals surface area contributed by atoms with E-state index in [0.29, 0.717) is 5.69 Å². The molecule has 0 aliphatic rings. The van der Waals surface area contributed by atoms with Gasteiger partial charge in [0.2, 0.25) is 6.54 Å². The Bertz CT molecular complexity index is 1300. The fourth-order valence-corrected chi connectivity index (χ4v) is 4.32. The molecule has 0 bridgehead atoms. The highest BCUT2D eigenvalue weighted by Gasteiger charge is 2.26. The molecule has 2 N–H and O–H groups in total. The number of aromatic nitrogens is 1. The maximum Gasteiger partial charge on any atom is 0.411 e. The molecule has 0 saturated carbocycles. The first-order valence-electron chi connectivity index (χ1n) is 10.4. The van der Waals surface area contributed by atoms with E-state index in [-0.39, 0.29) is 18.1 Å². The number of aromatic amines is 1. The van der Waals surface area contributed by atoms with Gasteiger partial charge in [-0.2, -0.15) is 0 Å². The zero-order valence-corrected chi connectivity index (χ0v) is 19.5. The minimum absolute atomic E-state index is 0.153. The van der Waals surface area contributed by atoms with Crippen molar-refractivity contribution in [3.63, 3.8) is 0 Å². The van der Waals surface area contributed by atoms with E-state index < -0.39 is 12.0 Å². The highest BCUT2D eigenvalue weighted by atomic mass is 79.9. The largest absolute Gasteiger partial charge is 0.444 e. The number of benzene rings is 3. The monoisotopic (exact) mass is 507 g/mol. The predicted molar refractivity (Wildman–Crippen MR) is 131 cm³/mol. The summed E-state index contributed by atoms with van der Waals surface area (Å²) in [6.07, 6.45) is 1.24. The number of hydrogen-bond acceptors (Lipinski definition) is 4. The third-order valence-electron chi connectivity index (χ3n) is 5.58. The molecule has 0 fully saturated rings. The van der Waals surface area contributed by atoms with Gasteiger partial charge in [-0.25, -0.2) is 4.79 Å². The number of halogens is 1. The van der Waals surface area contributed by atoms with Crippen LogP contribution in [-0.2, 0) is 11.3 Å². The molecule has 1 unspecified atom stereocenters. The molecule has 1 amide bonds. The quantitative estimate of drug-likeness (QED) is 0.223. The van der Waals surface area contributed by atoms with Gasteiger partial charge in [-0.15, -0.1) is 0 Å². The van der Waals surface area contributed by atoms with Crippen molar-refractivity contribution in [2.75, 3.05) is 11.9 Å². The van der Waals surface area contributed by atoms with Crippen molar-refractivity contribution in [1.82, 2.24) is 4.98 Å². The normalized spacial score (nSPS) is 11.8. The summed E-state index contributed by atoms with van der Waals surface area (Å²) in [5.41, 5.74) is 4.70. The lowest BCUT2D eigenvalue weighted by Gasteiger charge is -2.18. The first kappa shape index (κ1) is 22.5. The average molecular weight is 508 g/mol. The van der Waals surface area contributed by atoms with E-state index in [1.165, 1.54) is 0 Å². The van der Waals surface area contributed by atoms with E-state index in [0.717, 1.165) is 37.6 Å². The van der Waals surface area contributed by atoms with Crippen LogP contribution in [0.25, 0.3) is 10.9 Å². The fraction of sp³-hybridized carbons (Fsp3) is 0.160. The molecule has 7 nitrogen and oxygen atoms in total. The van der Waals surface area contributed by atoms with Crippen LogP contribution >= 0.6 is 15.9 Å². The lowest BCUT2D eigenvalue weighted by atomic mass is 9.87. The van der Waals surface area contributed by atoms with Crippen molar-refractivity contribution < 1.29 is 14.5 Å². The maximum absolute atomic E-state index is 12.4. The summed E-state index contributed by atoms with van der Waals surface area (Å²) < 4.78 is 6.25. The van der Waals surface area contributed by atoms with Crippen LogP contribution in [0.2, 0.25) is 0 Å². The molecular formula is C25H22BrN3O4. The van der Waals surface area contributed by atoms with E-state index >= 15 is 0 Å². The molecule has 3 aromatic carbocycles. The van der Waals surface area contributed by atoms with Gasteiger partial charge >= 0.3 is 6.09 Å². The summed E-state index contributed by atoms with van der Waals surface area (Å²) in [6, 6.07) is 20.6. The minimum Gasteiger partial charge on any atom is -0.444 e. The van der Waals surface area contributed by atoms with Crippen LogP contribution in [0, 0.1) is 17.0 Å². The van der Waals surface area contributed by atoms with Crippen LogP contribution in [0.3, 0.4) is 0 Å². The molecule has 33 heavy (non-hydrogen) atoms. The Kier molecular flexibility index (Phi) is 6.74. The van der Waals surface area contributed by atoms with E-state index in [1.54, 1.807) is 12.1 Å². The molecule has 0 aliphatic heterocycles. The number of carbonyl (C=O) groups excluding carboxylic acids is 1. The van der Waals surface area contributed by atoms with Crippen LogP contribution in [-0.4, -0.2) is 22.5 Å². The number of nitro groups is 1. The molecular weight excluding hydrogens is 486 g/mol. The van der Waals surface area contributed by atoms with Gasteiger partial charge < -0.3 is 9.72 Å². The molecule has 168 valence electrons. The molecule has 0 aliphatic carbocycles. The number of rotatable bonds is 7. The second kappa shape index (κ2) is 9.87. The van der Waals surface area contributed by atoms with Crippen LogP contribution in [0.15, 0.2) is 77.4 Å². The van der Waals surface area contributed by atoms with Gasteiger partial charge in [0.05, 0.1) is 5.92 Å². The molecule has 4 rings (SSSR count). The highest BCUT2D eigenvalue weighted by Crippen LogP contribution is 2.35. The molecule has 8 heteroatoms. The van der Waals surface area contributed by atoms with Crippen molar-refractivity contribution in [2.24, 2.45) is 0 Å². The van der Waals surface area contributed by atoms with Gasteiger partial charge in [0.25, 0.3) is 0 Å². The van der Waals surface area contributed by atoms with E-state index in [9.17, 15) is 14.9 Å². The summed E-state index contributed by atoms with van der Waals surface area (Å²) in [4.78, 5) is 26.8. The number of H-pyrrole nitrogens is 1. The Balaban J connectivity index is 1.61. The number of anilines is 1. The summed E-state index contributed by atoms with van der Waals surface area (Å²) >= 11 is 3.46. The maximum atomic E-state index is 12.4. The topological polar surface area (TPSA) is 97.3 Å². The Hall–Kier alpha value is -3.65. The number of nitrogens with zero attached hydrogens (tertiary/aromatic N) is 1. The number of carbonyl (C=O) groups is 1. The van der Waals surface area contributed by atoms with Gasteiger partial charge in [0, 0.05) is 32.2 Å². The number of nitrogens with one attached hydrogen (secondary N) is 2. The number of fused-ring (bicyclic) bond motifs is 1. The Morgan fingerprint density at radius 1 is 1.12 bits per heavy atom. The third-order valence-corrected chi connectivity index (χ3v) is 6.08. The molecule has 0 spiro atoms. The Morgan fingerprint density at radius 2 is 1.91 bits per heavy atom. The van der Waals surface area contributed by atoms with E-state index in [2.05, 4.69) is 26.2 Å². The van der Waals surface area contributed by atoms with Crippen molar-refractivity contribution in [1.29, 1.82) is 0 Å². The van der Waals surface area contributed by atoms with E-state index in [4.69, 9.17) is 4.74 Å². The lowest BCUT2D eigenvalue weighted by Crippen LogP contribution is -2.17. The molecule has 0 saturated heterocycles. The number of ether oxygens (including phenoxy) is 1. The smallest absolute Gasteiger partial charge is 0.411 e. The molecule has 1 aromatic heterocycles. The van der Waals surface area contributed by atoms with Crippen molar-refractivity contribution in [2.45, 2.75) is 19.4 Å². The standard InChI is InChI=1S/C25H22BrN3O4/c1-16-19(8-5-9-23(16)28-25(30)33-15-17-6-3-2-4-7-17)22(14-29(31)32)21-13-27-24-12-18(26)10-11-20(21)24/h2-13,22,27H,14-15H2,1H3,(H,28,30). The fourth-order valence-electron chi connectivity index (χ4n) is 3.96. The van der Waals surface area contributed by atoms with Crippen LogP contribution in [0.5, 0.6) is 0 Å². The van der Waals surface area contributed by atoms with Crippen LogP contribution in [0.1, 0.15) is 28.2 Å².